The maximum atomic E-state index is 13.0. The van der Waals surface area contributed by atoms with Crippen LogP contribution in [0.5, 0.6) is 5.75 Å². The van der Waals surface area contributed by atoms with Gasteiger partial charge in [-0.2, -0.15) is 13.2 Å². The highest BCUT2D eigenvalue weighted by Gasteiger charge is 2.35. The smallest absolute Gasteiger partial charge is 0.419 e. The molecule has 0 heterocycles. The molecule has 0 atom stereocenters. The second kappa shape index (κ2) is 6.04. The van der Waals surface area contributed by atoms with Crippen LogP contribution in [0.4, 0.5) is 13.2 Å². The average molecular weight is 293 g/mol. The Morgan fingerprint density at radius 3 is 2.42 bits per heavy atom. The van der Waals surface area contributed by atoms with E-state index in [1.807, 2.05) is 0 Å². The summed E-state index contributed by atoms with van der Waals surface area (Å²) in [5.74, 6) is -0.0134. The lowest BCUT2D eigenvalue weighted by Crippen LogP contribution is -2.21. The molecule has 0 bridgehead atoms. The monoisotopic (exact) mass is 292 g/mol. The van der Waals surface area contributed by atoms with Crippen LogP contribution in [-0.4, -0.2) is 6.10 Å². The molecule has 5 heteroatoms. The number of hydrogen-bond donors (Lipinski definition) is 0. The van der Waals surface area contributed by atoms with E-state index in [9.17, 15) is 13.2 Å². The average Bonchev–Trinajstić information content (AvgIpc) is 2.39. The van der Waals surface area contributed by atoms with Crippen molar-refractivity contribution in [3.05, 3.63) is 29.3 Å². The maximum absolute atomic E-state index is 13.0. The predicted molar refractivity (Wildman–Crippen MR) is 68.5 cm³/mol. The Kier molecular flexibility index (Phi) is 4.61. The summed E-state index contributed by atoms with van der Waals surface area (Å²) in [6, 6.07) is 4.04. The van der Waals surface area contributed by atoms with E-state index in [-0.39, 0.29) is 17.7 Å². The summed E-state index contributed by atoms with van der Waals surface area (Å²) in [5.41, 5.74) is -0.277. The van der Waals surface area contributed by atoms with Crippen molar-refractivity contribution in [2.45, 2.75) is 50.3 Å². The molecule has 19 heavy (non-hydrogen) atoms. The van der Waals surface area contributed by atoms with Crippen molar-refractivity contribution in [2.24, 2.45) is 0 Å². The molecule has 0 radical (unpaired) electrons. The highest BCUT2D eigenvalue weighted by Crippen LogP contribution is 2.38. The van der Waals surface area contributed by atoms with Crippen LogP contribution < -0.4 is 4.74 Å². The molecule has 106 valence electrons. The van der Waals surface area contributed by atoms with Gasteiger partial charge >= 0.3 is 6.18 Å². The van der Waals surface area contributed by atoms with Gasteiger partial charge in [0.05, 0.1) is 11.7 Å². The number of rotatable bonds is 3. The normalized spacial score (nSPS) is 17.5. The Bertz CT molecular complexity index is 425. The molecular weight excluding hydrogens is 277 g/mol. The Morgan fingerprint density at radius 1 is 1.16 bits per heavy atom. The first-order chi connectivity index (χ1) is 9.00. The molecule has 0 spiro atoms. The fourth-order valence-corrected chi connectivity index (χ4v) is 2.51. The third kappa shape index (κ3) is 3.78. The SMILES string of the molecule is FC(F)(F)c1cc(CCl)ccc1OC1CCCCC1. The molecule has 2 rings (SSSR count). The molecule has 1 aromatic carbocycles. The molecule has 0 unspecified atom stereocenters. The molecule has 0 amide bonds. The van der Waals surface area contributed by atoms with Crippen LogP contribution in [0.3, 0.4) is 0 Å². The van der Waals surface area contributed by atoms with Gasteiger partial charge in [-0.15, -0.1) is 11.6 Å². The van der Waals surface area contributed by atoms with E-state index in [0.29, 0.717) is 5.56 Å². The molecule has 0 aliphatic heterocycles. The van der Waals surface area contributed by atoms with Gasteiger partial charge in [-0.05, 0) is 43.4 Å². The first kappa shape index (κ1) is 14.5. The van der Waals surface area contributed by atoms with Crippen LogP contribution in [0.2, 0.25) is 0 Å². The van der Waals surface area contributed by atoms with Crippen molar-refractivity contribution >= 4 is 11.6 Å². The van der Waals surface area contributed by atoms with Gasteiger partial charge in [0.15, 0.2) is 0 Å². The quantitative estimate of drug-likeness (QED) is 0.700. The van der Waals surface area contributed by atoms with E-state index < -0.39 is 11.7 Å². The van der Waals surface area contributed by atoms with Gasteiger partial charge in [-0.1, -0.05) is 12.5 Å². The van der Waals surface area contributed by atoms with Gasteiger partial charge in [-0.3, -0.25) is 0 Å². The second-order valence-electron chi connectivity index (χ2n) is 4.84. The molecule has 1 aromatic rings. The number of alkyl halides is 4. The fourth-order valence-electron chi connectivity index (χ4n) is 2.35. The Balaban J connectivity index is 2.23. The standard InChI is InChI=1S/C14H16ClF3O/c15-9-10-6-7-13(12(8-10)14(16,17)18)19-11-4-2-1-3-5-11/h6-8,11H,1-5,9H2. The van der Waals surface area contributed by atoms with E-state index in [1.165, 1.54) is 6.07 Å². The molecule has 1 aliphatic carbocycles. The summed E-state index contributed by atoms with van der Waals surface area (Å²) in [6.45, 7) is 0. The first-order valence-corrected chi connectivity index (χ1v) is 6.97. The molecule has 1 fully saturated rings. The Hall–Kier alpha value is -0.900. The topological polar surface area (TPSA) is 9.23 Å². The number of ether oxygens (including phenoxy) is 1. The van der Waals surface area contributed by atoms with E-state index in [2.05, 4.69) is 0 Å². The zero-order valence-corrected chi connectivity index (χ0v) is 11.2. The van der Waals surface area contributed by atoms with Gasteiger partial charge in [0, 0.05) is 5.88 Å². The Labute approximate surface area is 115 Å². The predicted octanol–water partition coefficient (Wildman–Crippen LogP) is 5.16. The minimum Gasteiger partial charge on any atom is -0.490 e. The lowest BCUT2D eigenvalue weighted by atomic mass is 9.97. The van der Waals surface area contributed by atoms with Crippen LogP contribution >= 0.6 is 11.6 Å². The highest BCUT2D eigenvalue weighted by atomic mass is 35.5. The molecular formula is C14H16ClF3O. The Morgan fingerprint density at radius 2 is 1.84 bits per heavy atom. The van der Waals surface area contributed by atoms with Crippen molar-refractivity contribution in [1.29, 1.82) is 0 Å². The summed E-state index contributed by atoms with van der Waals surface area (Å²) < 4.78 is 44.5. The molecule has 0 aromatic heterocycles. The van der Waals surface area contributed by atoms with Crippen LogP contribution in [0, 0.1) is 0 Å². The first-order valence-electron chi connectivity index (χ1n) is 6.43. The van der Waals surface area contributed by atoms with Crippen LogP contribution in [-0.2, 0) is 12.1 Å². The summed E-state index contributed by atoms with van der Waals surface area (Å²) in [7, 11) is 0. The summed E-state index contributed by atoms with van der Waals surface area (Å²) in [5, 5.41) is 0. The van der Waals surface area contributed by atoms with Crippen molar-refractivity contribution in [1.82, 2.24) is 0 Å². The van der Waals surface area contributed by atoms with Crippen molar-refractivity contribution < 1.29 is 17.9 Å². The minimum atomic E-state index is -4.41. The fraction of sp³-hybridized carbons (Fsp3) is 0.571. The summed E-state index contributed by atoms with van der Waals surface area (Å²) >= 11 is 5.59. The van der Waals surface area contributed by atoms with E-state index in [1.54, 1.807) is 6.07 Å². The van der Waals surface area contributed by atoms with E-state index >= 15 is 0 Å². The minimum absolute atomic E-state index is 0.0623. The van der Waals surface area contributed by atoms with Gasteiger partial charge < -0.3 is 4.74 Å². The number of benzene rings is 1. The molecule has 0 saturated heterocycles. The van der Waals surface area contributed by atoms with Gasteiger partial charge in [0.25, 0.3) is 0 Å². The van der Waals surface area contributed by atoms with Crippen LogP contribution in [0.1, 0.15) is 43.2 Å². The van der Waals surface area contributed by atoms with Crippen molar-refractivity contribution in [2.75, 3.05) is 0 Å². The molecule has 1 nitrogen and oxygen atoms in total. The zero-order chi connectivity index (χ0) is 13.9. The third-order valence-corrected chi connectivity index (χ3v) is 3.66. The summed E-state index contributed by atoms with van der Waals surface area (Å²) in [4.78, 5) is 0. The van der Waals surface area contributed by atoms with Gasteiger partial charge in [-0.25, -0.2) is 0 Å². The van der Waals surface area contributed by atoms with Crippen LogP contribution in [0.15, 0.2) is 18.2 Å². The largest absolute Gasteiger partial charge is 0.490 e. The zero-order valence-electron chi connectivity index (χ0n) is 10.5. The third-order valence-electron chi connectivity index (χ3n) is 3.35. The number of halogens is 4. The van der Waals surface area contributed by atoms with Gasteiger partial charge in [0.1, 0.15) is 5.75 Å². The molecule has 1 saturated carbocycles. The highest BCUT2D eigenvalue weighted by molar-refractivity contribution is 6.17. The maximum Gasteiger partial charge on any atom is 0.419 e. The molecule has 0 N–H and O–H groups in total. The van der Waals surface area contributed by atoms with E-state index in [4.69, 9.17) is 16.3 Å². The van der Waals surface area contributed by atoms with Crippen molar-refractivity contribution in [3.8, 4) is 5.75 Å². The summed E-state index contributed by atoms with van der Waals surface area (Å²) in [6.07, 6.45) is 0.320. The van der Waals surface area contributed by atoms with Crippen molar-refractivity contribution in [3.63, 3.8) is 0 Å². The molecule has 1 aliphatic rings. The van der Waals surface area contributed by atoms with E-state index in [0.717, 1.165) is 38.2 Å². The lowest BCUT2D eigenvalue weighted by Gasteiger charge is -2.25. The van der Waals surface area contributed by atoms with Gasteiger partial charge in [0.2, 0.25) is 0 Å². The number of hydrogen-bond acceptors (Lipinski definition) is 1. The lowest BCUT2D eigenvalue weighted by molar-refractivity contribution is -0.139. The second-order valence-corrected chi connectivity index (χ2v) is 5.11. The van der Waals surface area contributed by atoms with Crippen LogP contribution in [0.25, 0.3) is 0 Å².